The Morgan fingerprint density at radius 1 is 0.704 bits per heavy atom. The predicted molar refractivity (Wildman–Crippen MR) is 113 cm³/mol. The van der Waals surface area contributed by atoms with Crippen molar-refractivity contribution in [1.82, 2.24) is 0 Å². The molecule has 0 amide bonds. The Bertz CT molecular complexity index is 422. The van der Waals surface area contributed by atoms with E-state index in [1.807, 2.05) is 6.92 Å². The van der Waals surface area contributed by atoms with E-state index in [0.717, 1.165) is 42.4 Å². The van der Waals surface area contributed by atoms with Crippen molar-refractivity contribution < 1.29 is 9.53 Å². The van der Waals surface area contributed by atoms with E-state index in [2.05, 4.69) is 6.92 Å². The number of carbonyl (C=O) groups excluding carboxylic acids is 1. The van der Waals surface area contributed by atoms with Crippen molar-refractivity contribution in [2.24, 2.45) is 29.6 Å². The van der Waals surface area contributed by atoms with Crippen molar-refractivity contribution in [1.29, 1.82) is 0 Å². The molecule has 0 aromatic rings. The van der Waals surface area contributed by atoms with Crippen LogP contribution < -0.4 is 0 Å². The van der Waals surface area contributed by atoms with Crippen LogP contribution in [0.15, 0.2) is 0 Å². The number of hydrogen-bond donors (Lipinski definition) is 0. The largest absolute Gasteiger partial charge is 0.462 e. The van der Waals surface area contributed by atoms with Gasteiger partial charge in [0.2, 0.25) is 0 Å². The summed E-state index contributed by atoms with van der Waals surface area (Å²) in [6.45, 7) is 4.22. The molecule has 2 heteroatoms. The van der Waals surface area contributed by atoms with Crippen LogP contribution >= 0.6 is 0 Å². The zero-order valence-corrected chi connectivity index (χ0v) is 18.1. The van der Waals surface area contributed by atoms with Gasteiger partial charge in [0.1, 0.15) is 6.10 Å². The SMILES string of the molecule is CCCC[C@H]1CC[C@H]([C@H]2CC[C@H]([C@H]3CC[C@H](OC(=O)CC)CC3)CC2)CC1. The molecule has 2 nitrogen and oxygen atoms in total. The van der Waals surface area contributed by atoms with Gasteiger partial charge in [0, 0.05) is 6.42 Å². The first-order valence-corrected chi connectivity index (χ1v) is 12.4. The van der Waals surface area contributed by atoms with E-state index in [1.54, 1.807) is 0 Å². The van der Waals surface area contributed by atoms with E-state index in [9.17, 15) is 4.79 Å². The van der Waals surface area contributed by atoms with Gasteiger partial charge in [0.05, 0.1) is 0 Å². The maximum Gasteiger partial charge on any atom is 0.305 e. The van der Waals surface area contributed by atoms with Crippen molar-refractivity contribution in [3.8, 4) is 0 Å². The molecule has 0 radical (unpaired) electrons. The molecule has 3 fully saturated rings. The Labute approximate surface area is 168 Å². The van der Waals surface area contributed by atoms with Crippen LogP contribution in [-0.4, -0.2) is 12.1 Å². The number of ether oxygens (including phenoxy) is 1. The predicted octanol–water partition coefficient (Wildman–Crippen LogP) is 7.30. The molecule has 0 aromatic carbocycles. The van der Waals surface area contributed by atoms with Crippen molar-refractivity contribution in [2.75, 3.05) is 0 Å². The van der Waals surface area contributed by atoms with Gasteiger partial charge in [-0.2, -0.15) is 0 Å². The highest BCUT2D eigenvalue weighted by Gasteiger charge is 2.35. The highest BCUT2D eigenvalue weighted by molar-refractivity contribution is 5.69. The molecule has 0 aliphatic heterocycles. The first kappa shape index (κ1) is 21.2. The van der Waals surface area contributed by atoms with Gasteiger partial charge in [-0.1, -0.05) is 46.0 Å². The Morgan fingerprint density at radius 2 is 1.15 bits per heavy atom. The summed E-state index contributed by atoms with van der Waals surface area (Å²) in [4.78, 5) is 11.5. The van der Waals surface area contributed by atoms with Crippen molar-refractivity contribution in [2.45, 2.75) is 123 Å². The average molecular weight is 377 g/mol. The minimum atomic E-state index is -0.0108. The minimum Gasteiger partial charge on any atom is -0.462 e. The smallest absolute Gasteiger partial charge is 0.305 e. The summed E-state index contributed by atoms with van der Waals surface area (Å²) in [5.41, 5.74) is 0. The zero-order valence-electron chi connectivity index (χ0n) is 18.1. The van der Waals surface area contributed by atoms with Gasteiger partial charge in [-0.15, -0.1) is 0 Å². The molecule has 3 aliphatic rings. The Morgan fingerprint density at radius 3 is 1.59 bits per heavy atom. The van der Waals surface area contributed by atoms with Crippen LogP contribution in [0.25, 0.3) is 0 Å². The second kappa shape index (κ2) is 10.9. The fraction of sp³-hybridized carbons (Fsp3) is 0.960. The standard InChI is InChI=1S/C25H44O2/c1-3-5-6-19-7-9-20(10-8-19)21-11-13-22(14-12-21)23-15-17-24(18-16-23)27-25(26)4-2/h19-24H,3-18H2,1-2H3/t19-,20-,21-,22-,23-,24-. The lowest BCUT2D eigenvalue weighted by Crippen LogP contribution is -2.31. The third-order valence-electron chi connectivity index (χ3n) is 8.31. The number of hydrogen-bond acceptors (Lipinski definition) is 2. The lowest BCUT2D eigenvalue weighted by Gasteiger charge is -2.41. The number of unbranched alkanes of at least 4 members (excludes halogenated alkanes) is 1. The topological polar surface area (TPSA) is 26.3 Å². The fourth-order valence-electron chi connectivity index (χ4n) is 6.48. The summed E-state index contributed by atoms with van der Waals surface area (Å²) in [6, 6.07) is 0. The molecule has 0 saturated heterocycles. The number of rotatable bonds is 7. The maximum absolute atomic E-state index is 11.5. The van der Waals surface area contributed by atoms with Crippen LogP contribution in [0.3, 0.4) is 0 Å². The molecule has 0 heterocycles. The molecule has 0 N–H and O–H groups in total. The first-order valence-electron chi connectivity index (χ1n) is 12.4. The summed E-state index contributed by atoms with van der Waals surface area (Å²) in [7, 11) is 0. The third kappa shape index (κ3) is 6.23. The molecule has 0 spiro atoms. The lowest BCUT2D eigenvalue weighted by atomic mass is 9.65. The van der Waals surface area contributed by atoms with E-state index < -0.39 is 0 Å². The molecule has 3 saturated carbocycles. The summed E-state index contributed by atoms with van der Waals surface area (Å²) >= 11 is 0. The Balaban J connectivity index is 1.33. The minimum absolute atomic E-state index is 0.0108. The quantitative estimate of drug-likeness (QED) is 0.436. The van der Waals surface area contributed by atoms with Gasteiger partial charge >= 0.3 is 5.97 Å². The molecule has 27 heavy (non-hydrogen) atoms. The summed E-state index contributed by atoms with van der Waals surface area (Å²) < 4.78 is 5.57. The zero-order chi connectivity index (χ0) is 19.1. The van der Waals surface area contributed by atoms with Gasteiger partial charge in [0.25, 0.3) is 0 Å². The molecule has 156 valence electrons. The van der Waals surface area contributed by atoms with Gasteiger partial charge in [-0.05, 0) is 93.8 Å². The van der Waals surface area contributed by atoms with E-state index in [0.29, 0.717) is 6.42 Å². The third-order valence-corrected chi connectivity index (χ3v) is 8.31. The van der Waals surface area contributed by atoms with E-state index in [1.165, 1.54) is 83.5 Å². The molecular weight excluding hydrogens is 332 g/mol. The average Bonchev–Trinajstić information content (AvgIpc) is 2.73. The number of carbonyl (C=O) groups is 1. The maximum atomic E-state index is 11.5. The van der Waals surface area contributed by atoms with Crippen molar-refractivity contribution in [3.63, 3.8) is 0 Å². The van der Waals surface area contributed by atoms with Crippen LogP contribution in [0.2, 0.25) is 0 Å². The van der Waals surface area contributed by atoms with Crippen LogP contribution in [0.4, 0.5) is 0 Å². The normalized spacial score (nSPS) is 37.7. The first-order chi connectivity index (χ1) is 13.2. The molecule has 3 aliphatic carbocycles. The fourth-order valence-corrected chi connectivity index (χ4v) is 6.48. The molecule has 0 aromatic heterocycles. The van der Waals surface area contributed by atoms with Gasteiger partial charge in [-0.25, -0.2) is 0 Å². The summed E-state index contributed by atoms with van der Waals surface area (Å²) in [6.07, 6.45) is 21.9. The van der Waals surface area contributed by atoms with Crippen molar-refractivity contribution >= 4 is 5.97 Å². The van der Waals surface area contributed by atoms with E-state index >= 15 is 0 Å². The monoisotopic (exact) mass is 376 g/mol. The van der Waals surface area contributed by atoms with Crippen LogP contribution in [-0.2, 0) is 9.53 Å². The second-order valence-electron chi connectivity index (χ2n) is 9.98. The number of esters is 1. The summed E-state index contributed by atoms with van der Waals surface area (Å²) in [5, 5.41) is 0. The molecule has 0 bridgehead atoms. The van der Waals surface area contributed by atoms with Crippen LogP contribution in [0.5, 0.6) is 0 Å². The lowest BCUT2D eigenvalue weighted by molar-refractivity contribution is -0.150. The van der Waals surface area contributed by atoms with Crippen molar-refractivity contribution in [3.05, 3.63) is 0 Å². The highest BCUT2D eigenvalue weighted by Crippen LogP contribution is 2.46. The molecule has 0 atom stereocenters. The van der Waals surface area contributed by atoms with Gasteiger partial charge in [-0.3, -0.25) is 4.79 Å². The molecule has 3 rings (SSSR count). The molecule has 0 unspecified atom stereocenters. The van der Waals surface area contributed by atoms with Gasteiger partial charge < -0.3 is 4.74 Å². The molecular formula is C25H44O2. The second-order valence-corrected chi connectivity index (χ2v) is 9.98. The van der Waals surface area contributed by atoms with E-state index in [4.69, 9.17) is 4.74 Å². The van der Waals surface area contributed by atoms with Crippen LogP contribution in [0.1, 0.15) is 117 Å². The Kier molecular flexibility index (Phi) is 8.52. The summed E-state index contributed by atoms with van der Waals surface area (Å²) in [5.74, 6) is 5.00. The van der Waals surface area contributed by atoms with Gasteiger partial charge in [0.15, 0.2) is 0 Å². The Hall–Kier alpha value is -0.530. The van der Waals surface area contributed by atoms with Crippen LogP contribution in [0, 0.1) is 29.6 Å². The highest BCUT2D eigenvalue weighted by atomic mass is 16.5. The van der Waals surface area contributed by atoms with E-state index in [-0.39, 0.29) is 12.1 Å².